The second kappa shape index (κ2) is 5.82. The van der Waals surface area contributed by atoms with Crippen molar-refractivity contribution in [2.45, 2.75) is 39.8 Å². The number of aryl methyl sites for hydroxylation is 1. The molecule has 1 aromatic carbocycles. The largest absolute Gasteiger partial charge is 0.350 e. The molecule has 0 radical (unpaired) electrons. The van der Waals surface area contributed by atoms with Crippen molar-refractivity contribution in [2.75, 3.05) is 6.54 Å². The van der Waals surface area contributed by atoms with Crippen molar-refractivity contribution in [3.8, 4) is 0 Å². The zero-order chi connectivity index (χ0) is 12.9. The fraction of sp³-hybridized carbons (Fsp3) is 0.500. The summed E-state index contributed by atoms with van der Waals surface area (Å²) in [6.45, 7) is 9.09. The maximum Gasteiger partial charge on any atom is 0.234 e. The SMILES string of the molecule is Cc1ccccc1CNCC(=O)NC(C)(C)C. The predicted molar refractivity (Wildman–Crippen MR) is 70.8 cm³/mol. The Morgan fingerprint density at radius 2 is 1.88 bits per heavy atom. The quantitative estimate of drug-likeness (QED) is 0.836. The summed E-state index contributed by atoms with van der Waals surface area (Å²) in [5, 5.41) is 6.07. The molecule has 0 saturated heterocycles. The van der Waals surface area contributed by atoms with Gasteiger partial charge in [-0.05, 0) is 38.8 Å². The summed E-state index contributed by atoms with van der Waals surface area (Å²) in [6, 6.07) is 8.18. The lowest BCUT2D eigenvalue weighted by Gasteiger charge is -2.20. The van der Waals surface area contributed by atoms with E-state index in [9.17, 15) is 4.79 Å². The van der Waals surface area contributed by atoms with Gasteiger partial charge in [-0.2, -0.15) is 0 Å². The molecule has 0 aliphatic rings. The van der Waals surface area contributed by atoms with Gasteiger partial charge >= 0.3 is 0 Å². The van der Waals surface area contributed by atoms with E-state index in [0.29, 0.717) is 6.54 Å². The van der Waals surface area contributed by atoms with Crippen LogP contribution in [0.3, 0.4) is 0 Å². The normalized spacial score (nSPS) is 11.3. The van der Waals surface area contributed by atoms with Crippen LogP contribution in [0.25, 0.3) is 0 Å². The Morgan fingerprint density at radius 3 is 2.47 bits per heavy atom. The van der Waals surface area contributed by atoms with E-state index in [0.717, 1.165) is 6.54 Å². The molecule has 0 aliphatic heterocycles. The van der Waals surface area contributed by atoms with Gasteiger partial charge in [0.1, 0.15) is 0 Å². The maximum atomic E-state index is 11.6. The van der Waals surface area contributed by atoms with E-state index in [1.165, 1.54) is 11.1 Å². The second-order valence-electron chi connectivity index (χ2n) is 5.33. The van der Waals surface area contributed by atoms with Crippen LogP contribution < -0.4 is 10.6 Å². The predicted octanol–water partition coefficient (Wildman–Crippen LogP) is 2.00. The first-order valence-electron chi connectivity index (χ1n) is 5.95. The molecular weight excluding hydrogens is 212 g/mol. The van der Waals surface area contributed by atoms with Crippen LogP contribution in [0.4, 0.5) is 0 Å². The Labute approximate surface area is 104 Å². The topological polar surface area (TPSA) is 41.1 Å². The highest BCUT2D eigenvalue weighted by Gasteiger charge is 2.12. The highest BCUT2D eigenvalue weighted by Crippen LogP contribution is 2.05. The van der Waals surface area contributed by atoms with E-state index >= 15 is 0 Å². The van der Waals surface area contributed by atoms with Crippen LogP contribution in [0.15, 0.2) is 24.3 Å². The highest BCUT2D eigenvalue weighted by atomic mass is 16.2. The van der Waals surface area contributed by atoms with E-state index in [-0.39, 0.29) is 11.4 Å². The number of rotatable bonds is 4. The van der Waals surface area contributed by atoms with Gasteiger partial charge in [-0.1, -0.05) is 24.3 Å². The minimum absolute atomic E-state index is 0.0334. The van der Waals surface area contributed by atoms with E-state index in [1.54, 1.807) is 0 Å². The maximum absolute atomic E-state index is 11.6. The van der Waals surface area contributed by atoms with Crippen molar-refractivity contribution in [3.63, 3.8) is 0 Å². The molecular formula is C14H22N2O. The number of amides is 1. The van der Waals surface area contributed by atoms with Crippen molar-refractivity contribution in [3.05, 3.63) is 35.4 Å². The first-order chi connectivity index (χ1) is 7.88. The summed E-state index contributed by atoms with van der Waals surface area (Å²) in [5.74, 6) is 0.0334. The lowest BCUT2D eigenvalue weighted by Crippen LogP contribution is -2.44. The molecule has 17 heavy (non-hydrogen) atoms. The number of hydrogen-bond acceptors (Lipinski definition) is 2. The first kappa shape index (κ1) is 13.7. The number of carbonyl (C=O) groups excluding carboxylic acids is 1. The molecule has 0 saturated carbocycles. The van der Waals surface area contributed by atoms with Crippen LogP contribution in [0, 0.1) is 6.92 Å². The summed E-state index contributed by atoms with van der Waals surface area (Å²) in [5.41, 5.74) is 2.31. The molecule has 94 valence electrons. The molecule has 0 bridgehead atoms. The highest BCUT2D eigenvalue weighted by molar-refractivity contribution is 5.78. The van der Waals surface area contributed by atoms with Gasteiger partial charge < -0.3 is 10.6 Å². The van der Waals surface area contributed by atoms with Crippen molar-refractivity contribution in [1.82, 2.24) is 10.6 Å². The third-order valence-electron chi connectivity index (χ3n) is 2.38. The van der Waals surface area contributed by atoms with Crippen LogP contribution in [-0.2, 0) is 11.3 Å². The number of carbonyl (C=O) groups is 1. The third-order valence-corrected chi connectivity index (χ3v) is 2.38. The van der Waals surface area contributed by atoms with Gasteiger partial charge in [0.05, 0.1) is 6.54 Å². The fourth-order valence-corrected chi connectivity index (χ4v) is 1.58. The molecule has 0 unspecified atom stereocenters. The minimum atomic E-state index is -0.165. The molecule has 2 N–H and O–H groups in total. The molecule has 0 aliphatic carbocycles. The molecule has 0 fully saturated rings. The fourth-order valence-electron chi connectivity index (χ4n) is 1.58. The number of benzene rings is 1. The lowest BCUT2D eigenvalue weighted by atomic mass is 10.1. The van der Waals surface area contributed by atoms with Gasteiger partial charge in [-0.25, -0.2) is 0 Å². The van der Waals surface area contributed by atoms with E-state index < -0.39 is 0 Å². The Hall–Kier alpha value is -1.35. The molecule has 1 amide bonds. The molecule has 0 heterocycles. The van der Waals surface area contributed by atoms with Crippen LogP contribution in [0.1, 0.15) is 31.9 Å². The zero-order valence-electron chi connectivity index (χ0n) is 11.1. The van der Waals surface area contributed by atoms with Gasteiger partial charge in [0.25, 0.3) is 0 Å². The van der Waals surface area contributed by atoms with Crippen LogP contribution in [-0.4, -0.2) is 18.0 Å². The van der Waals surface area contributed by atoms with Crippen molar-refractivity contribution in [2.24, 2.45) is 0 Å². The third kappa shape index (κ3) is 5.50. The number of nitrogens with one attached hydrogen (secondary N) is 2. The standard InChI is InChI=1S/C14H22N2O/c1-11-7-5-6-8-12(11)9-15-10-13(17)16-14(2,3)4/h5-8,15H,9-10H2,1-4H3,(H,16,17). The Bertz CT molecular complexity index is 380. The molecule has 1 rings (SSSR count). The number of hydrogen-bond donors (Lipinski definition) is 2. The van der Waals surface area contributed by atoms with Gasteiger partial charge in [0.15, 0.2) is 0 Å². The van der Waals surface area contributed by atoms with Crippen molar-refractivity contribution in [1.29, 1.82) is 0 Å². The van der Waals surface area contributed by atoms with E-state index in [1.807, 2.05) is 32.9 Å². The first-order valence-corrected chi connectivity index (χ1v) is 5.95. The monoisotopic (exact) mass is 234 g/mol. The molecule has 0 spiro atoms. The molecule has 1 aromatic rings. The molecule has 3 nitrogen and oxygen atoms in total. The molecule has 0 atom stereocenters. The van der Waals surface area contributed by atoms with E-state index in [4.69, 9.17) is 0 Å². The van der Waals surface area contributed by atoms with Crippen LogP contribution in [0.2, 0.25) is 0 Å². The Balaban J connectivity index is 2.34. The Morgan fingerprint density at radius 1 is 1.24 bits per heavy atom. The summed E-state index contributed by atoms with van der Waals surface area (Å²) in [7, 11) is 0. The van der Waals surface area contributed by atoms with Gasteiger partial charge in [0, 0.05) is 12.1 Å². The molecule has 3 heteroatoms. The van der Waals surface area contributed by atoms with Gasteiger partial charge in [0.2, 0.25) is 5.91 Å². The van der Waals surface area contributed by atoms with Crippen molar-refractivity contribution < 1.29 is 4.79 Å². The summed E-state index contributed by atoms with van der Waals surface area (Å²) >= 11 is 0. The minimum Gasteiger partial charge on any atom is -0.350 e. The van der Waals surface area contributed by atoms with E-state index in [2.05, 4.69) is 29.7 Å². The summed E-state index contributed by atoms with van der Waals surface area (Å²) in [6.07, 6.45) is 0. The van der Waals surface area contributed by atoms with Crippen molar-refractivity contribution >= 4 is 5.91 Å². The molecule has 0 aromatic heterocycles. The second-order valence-corrected chi connectivity index (χ2v) is 5.33. The summed E-state index contributed by atoms with van der Waals surface area (Å²) in [4.78, 5) is 11.6. The average molecular weight is 234 g/mol. The Kier molecular flexibility index (Phi) is 4.70. The van der Waals surface area contributed by atoms with Crippen LogP contribution >= 0.6 is 0 Å². The average Bonchev–Trinajstić information content (AvgIpc) is 2.18. The zero-order valence-corrected chi connectivity index (χ0v) is 11.1. The lowest BCUT2D eigenvalue weighted by molar-refractivity contribution is -0.121. The smallest absolute Gasteiger partial charge is 0.234 e. The van der Waals surface area contributed by atoms with Gasteiger partial charge in [-0.3, -0.25) is 4.79 Å². The van der Waals surface area contributed by atoms with Crippen LogP contribution in [0.5, 0.6) is 0 Å². The summed E-state index contributed by atoms with van der Waals surface area (Å²) < 4.78 is 0. The van der Waals surface area contributed by atoms with Gasteiger partial charge in [-0.15, -0.1) is 0 Å².